The van der Waals surface area contributed by atoms with Crippen molar-refractivity contribution >= 4 is 22.1 Å². The van der Waals surface area contributed by atoms with Crippen molar-refractivity contribution in [2.24, 2.45) is 0 Å². The molecule has 7 heteroatoms. The first-order valence-electron chi connectivity index (χ1n) is 2.55. The van der Waals surface area contributed by atoms with Crippen molar-refractivity contribution < 1.29 is 22.6 Å². The molecule has 11 heavy (non-hydrogen) atoms. The predicted octanol–water partition coefficient (Wildman–Crippen LogP) is -0.816. The minimum atomic E-state index is -4.73. The van der Waals surface area contributed by atoms with Gasteiger partial charge in [-0.25, -0.2) is 0 Å². The second-order valence-corrected chi connectivity index (χ2v) is 3.04. The minimum absolute atomic E-state index is 0.229. The van der Waals surface area contributed by atoms with Crippen LogP contribution in [0.3, 0.4) is 0 Å². The number of hydrogen-bond donors (Lipinski definition) is 1. The second kappa shape index (κ2) is 2.97. The van der Waals surface area contributed by atoms with Crippen molar-refractivity contribution in [3.63, 3.8) is 0 Å². The van der Waals surface area contributed by atoms with Gasteiger partial charge < -0.3 is 0 Å². The Morgan fingerprint density at radius 2 is 1.45 bits per heavy atom. The summed E-state index contributed by atoms with van der Waals surface area (Å²) in [5, 5.41) is 0. The molecule has 0 heterocycles. The van der Waals surface area contributed by atoms with E-state index in [1.54, 1.807) is 0 Å². The zero-order chi connectivity index (χ0) is 9.23. The van der Waals surface area contributed by atoms with E-state index in [4.69, 9.17) is 4.55 Å². The van der Waals surface area contributed by atoms with Gasteiger partial charge in [0.1, 0.15) is 0 Å². The van der Waals surface area contributed by atoms with Crippen molar-refractivity contribution in [3.8, 4) is 0 Å². The van der Waals surface area contributed by atoms with E-state index in [0.29, 0.717) is 0 Å². The Balaban J connectivity index is 4.94. The maximum atomic E-state index is 10.4. The maximum Gasteiger partial charge on any atom is 0.368 e. The molecular weight excluding hydrogens is 174 g/mol. The van der Waals surface area contributed by atoms with Gasteiger partial charge in [0.05, 0.1) is 0 Å². The van der Waals surface area contributed by atoms with Gasteiger partial charge in [0.25, 0.3) is 0 Å². The highest BCUT2D eigenvalue weighted by atomic mass is 32.2. The molecule has 0 radical (unpaired) electrons. The van der Waals surface area contributed by atoms with Crippen LogP contribution in [-0.2, 0) is 19.9 Å². The monoisotopic (exact) mass is 181 g/mol. The molecule has 0 aliphatic heterocycles. The third-order valence-corrected chi connectivity index (χ3v) is 1.78. The molecule has 0 aromatic carbocycles. The minimum Gasteiger partial charge on any atom is -0.274 e. The molecule has 0 rings (SSSR count). The van der Waals surface area contributed by atoms with Gasteiger partial charge in [0.15, 0.2) is 0 Å². The summed E-state index contributed by atoms with van der Waals surface area (Å²) in [4.78, 5) is 20.8. The van der Waals surface area contributed by atoms with Crippen molar-refractivity contribution in [1.82, 2.24) is 4.31 Å². The molecule has 0 aromatic rings. The van der Waals surface area contributed by atoms with E-state index in [1.165, 1.54) is 0 Å². The molecule has 0 saturated carbocycles. The molecule has 0 fully saturated rings. The number of hydrogen-bond acceptors (Lipinski definition) is 4. The van der Waals surface area contributed by atoms with Crippen LogP contribution in [0.2, 0.25) is 0 Å². The van der Waals surface area contributed by atoms with E-state index in [-0.39, 0.29) is 4.31 Å². The van der Waals surface area contributed by atoms with Gasteiger partial charge in [0.2, 0.25) is 11.8 Å². The summed E-state index contributed by atoms with van der Waals surface area (Å²) in [6, 6.07) is 0. The van der Waals surface area contributed by atoms with E-state index in [2.05, 4.69) is 0 Å². The van der Waals surface area contributed by atoms with Gasteiger partial charge in [0, 0.05) is 13.8 Å². The molecular formula is C4H7NO5S. The van der Waals surface area contributed by atoms with Gasteiger partial charge in [-0.3, -0.25) is 14.1 Å². The van der Waals surface area contributed by atoms with E-state index >= 15 is 0 Å². The summed E-state index contributed by atoms with van der Waals surface area (Å²) < 4.78 is 28.6. The van der Waals surface area contributed by atoms with Crippen LogP contribution in [-0.4, -0.2) is 29.1 Å². The van der Waals surface area contributed by atoms with E-state index in [1.807, 2.05) is 0 Å². The Morgan fingerprint density at radius 1 is 1.18 bits per heavy atom. The summed E-state index contributed by atoms with van der Waals surface area (Å²) in [7, 11) is -4.73. The van der Waals surface area contributed by atoms with Crippen LogP contribution in [0.1, 0.15) is 13.8 Å². The first-order valence-corrected chi connectivity index (χ1v) is 3.95. The predicted molar refractivity (Wildman–Crippen MR) is 34.7 cm³/mol. The molecule has 0 bridgehead atoms. The molecule has 0 aliphatic rings. The first kappa shape index (κ1) is 10.0. The zero-order valence-electron chi connectivity index (χ0n) is 5.94. The van der Waals surface area contributed by atoms with Crippen LogP contribution in [0.25, 0.3) is 0 Å². The molecule has 1 N–H and O–H groups in total. The van der Waals surface area contributed by atoms with Crippen molar-refractivity contribution in [1.29, 1.82) is 0 Å². The summed E-state index contributed by atoms with van der Waals surface area (Å²) in [6.45, 7) is 1.71. The van der Waals surface area contributed by atoms with Crippen LogP contribution >= 0.6 is 0 Å². The molecule has 0 atom stereocenters. The number of carbonyl (C=O) groups excluding carboxylic acids is 2. The molecule has 0 aromatic heterocycles. The average molecular weight is 181 g/mol. The SMILES string of the molecule is CC(=O)N(C(C)=O)S(=O)(=O)O. The zero-order valence-corrected chi connectivity index (χ0v) is 6.75. The second-order valence-electron chi connectivity index (χ2n) is 1.78. The highest BCUT2D eigenvalue weighted by molar-refractivity contribution is 7.84. The summed E-state index contributed by atoms with van der Waals surface area (Å²) in [5.41, 5.74) is 0. The van der Waals surface area contributed by atoms with Crippen LogP contribution in [0.15, 0.2) is 0 Å². The molecule has 64 valence electrons. The average Bonchev–Trinajstić information content (AvgIpc) is 1.54. The number of rotatable bonds is 1. The van der Waals surface area contributed by atoms with Gasteiger partial charge in [-0.1, -0.05) is 0 Å². The van der Waals surface area contributed by atoms with Crippen LogP contribution in [0, 0.1) is 0 Å². The Kier molecular flexibility index (Phi) is 2.71. The van der Waals surface area contributed by atoms with E-state index in [0.717, 1.165) is 13.8 Å². The molecule has 0 saturated heterocycles. The Morgan fingerprint density at radius 3 is 1.45 bits per heavy atom. The van der Waals surface area contributed by atoms with E-state index < -0.39 is 22.1 Å². The fourth-order valence-corrected chi connectivity index (χ4v) is 1.20. The highest BCUT2D eigenvalue weighted by Gasteiger charge is 2.25. The fourth-order valence-electron chi connectivity index (χ4n) is 0.547. The lowest BCUT2D eigenvalue weighted by Crippen LogP contribution is -2.38. The quantitative estimate of drug-likeness (QED) is 0.534. The molecule has 0 aliphatic carbocycles. The van der Waals surface area contributed by atoms with Gasteiger partial charge in [-0.15, -0.1) is 0 Å². The number of carbonyl (C=O) groups is 2. The third-order valence-electron chi connectivity index (χ3n) is 0.803. The lowest BCUT2D eigenvalue weighted by Gasteiger charge is -2.10. The standard InChI is InChI=1S/C4H7NO5S/c1-3(6)5(4(2)7)11(8,9)10/h1-2H3,(H,8,9,10). The fraction of sp³-hybridized carbons (Fsp3) is 0.500. The van der Waals surface area contributed by atoms with Crippen LogP contribution < -0.4 is 0 Å². The molecule has 2 amide bonds. The smallest absolute Gasteiger partial charge is 0.274 e. The topological polar surface area (TPSA) is 91.8 Å². The Hall–Kier alpha value is -0.950. The van der Waals surface area contributed by atoms with Gasteiger partial charge in [-0.05, 0) is 0 Å². The van der Waals surface area contributed by atoms with Crippen molar-refractivity contribution in [2.75, 3.05) is 0 Å². The van der Waals surface area contributed by atoms with Crippen molar-refractivity contribution in [3.05, 3.63) is 0 Å². The van der Waals surface area contributed by atoms with E-state index in [9.17, 15) is 18.0 Å². The maximum absolute atomic E-state index is 10.4. The normalized spacial score (nSPS) is 10.8. The summed E-state index contributed by atoms with van der Waals surface area (Å²) in [6.07, 6.45) is 0. The third kappa shape index (κ3) is 2.64. The number of amides is 2. The molecule has 6 nitrogen and oxygen atoms in total. The first-order chi connectivity index (χ1) is 4.76. The lowest BCUT2D eigenvalue weighted by molar-refractivity contribution is -0.136. The number of nitrogens with zero attached hydrogens (tertiary/aromatic N) is 1. The highest BCUT2D eigenvalue weighted by Crippen LogP contribution is 1.97. The van der Waals surface area contributed by atoms with Gasteiger partial charge >= 0.3 is 10.3 Å². The summed E-state index contributed by atoms with van der Waals surface area (Å²) >= 11 is 0. The largest absolute Gasteiger partial charge is 0.368 e. The molecule has 0 spiro atoms. The summed E-state index contributed by atoms with van der Waals surface area (Å²) in [5.74, 6) is -2.08. The lowest BCUT2D eigenvalue weighted by atomic mass is 10.6. The Bertz CT molecular complexity index is 265. The van der Waals surface area contributed by atoms with Crippen molar-refractivity contribution in [2.45, 2.75) is 13.8 Å². The van der Waals surface area contributed by atoms with Crippen LogP contribution in [0.4, 0.5) is 0 Å². The van der Waals surface area contributed by atoms with Crippen LogP contribution in [0.5, 0.6) is 0 Å². The number of imide groups is 1. The Labute approximate surface area is 63.7 Å². The molecule has 0 unspecified atom stereocenters. The van der Waals surface area contributed by atoms with Gasteiger partial charge in [-0.2, -0.15) is 12.7 Å².